The normalized spacial score (nSPS) is 17.2. The Morgan fingerprint density at radius 2 is 1.92 bits per heavy atom. The van der Waals surface area contributed by atoms with Crippen LogP contribution in [-0.4, -0.2) is 28.4 Å². The molecule has 0 spiro atoms. The lowest BCUT2D eigenvalue weighted by atomic mass is 9.95. The van der Waals surface area contributed by atoms with Crippen LogP contribution in [0.15, 0.2) is 72.3 Å². The fourth-order valence-electron chi connectivity index (χ4n) is 4.09. The molecule has 1 saturated heterocycles. The van der Waals surface area contributed by atoms with Crippen molar-refractivity contribution in [2.75, 3.05) is 11.5 Å². The number of carbonyl (C=O) groups is 2. The first-order valence-corrected chi connectivity index (χ1v) is 13.1. The molecule has 2 heterocycles. The molecule has 1 N–H and O–H groups in total. The number of ether oxygens (including phenoxy) is 1. The van der Waals surface area contributed by atoms with Crippen molar-refractivity contribution in [2.45, 2.75) is 19.4 Å². The Morgan fingerprint density at radius 1 is 1.14 bits per heavy atom. The summed E-state index contributed by atoms with van der Waals surface area (Å²) in [6, 6.07) is 17.4. The van der Waals surface area contributed by atoms with Gasteiger partial charge in [0.25, 0.3) is 5.78 Å². The predicted molar refractivity (Wildman–Crippen MR) is 146 cm³/mol. The van der Waals surface area contributed by atoms with E-state index in [9.17, 15) is 19.1 Å². The fraction of sp³-hybridized carbons (Fsp3) is 0.148. The van der Waals surface area contributed by atoms with Gasteiger partial charge in [0.15, 0.2) is 5.13 Å². The first-order valence-electron chi connectivity index (χ1n) is 11.2. The van der Waals surface area contributed by atoms with Crippen LogP contribution in [0.3, 0.4) is 0 Å². The highest BCUT2D eigenvalue weighted by Crippen LogP contribution is 2.44. The summed E-state index contributed by atoms with van der Waals surface area (Å²) >= 11 is 3.28. The number of Topliss-reactive ketones (excluding diaryl/α,β-unsaturated/α-hetero) is 1. The van der Waals surface area contributed by atoms with Crippen molar-refractivity contribution in [2.24, 2.45) is 0 Å². The number of rotatable bonds is 6. The number of thiazole rings is 1. The Bertz CT molecular complexity index is 1520. The van der Waals surface area contributed by atoms with Crippen LogP contribution in [0.5, 0.6) is 5.75 Å². The van der Waals surface area contributed by atoms with Gasteiger partial charge in [-0.25, -0.2) is 9.37 Å². The van der Waals surface area contributed by atoms with Gasteiger partial charge in [0, 0.05) is 9.13 Å². The van der Waals surface area contributed by atoms with Crippen molar-refractivity contribution in [3.63, 3.8) is 0 Å². The average Bonchev–Trinajstić information content (AvgIpc) is 3.40. The van der Waals surface area contributed by atoms with Crippen molar-refractivity contribution < 1.29 is 23.8 Å². The minimum Gasteiger partial charge on any atom is -0.507 e. The third-order valence-electron chi connectivity index (χ3n) is 5.76. The van der Waals surface area contributed by atoms with Crippen molar-refractivity contribution in [3.05, 3.63) is 92.8 Å². The monoisotopic (exact) mass is 614 g/mol. The Balaban J connectivity index is 1.68. The summed E-state index contributed by atoms with van der Waals surface area (Å²) in [5.74, 6) is -1.79. The molecular weight excluding hydrogens is 594 g/mol. The maximum Gasteiger partial charge on any atom is 0.301 e. The zero-order valence-corrected chi connectivity index (χ0v) is 22.0. The van der Waals surface area contributed by atoms with Crippen LogP contribution in [0.1, 0.15) is 30.5 Å². The SMILES string of the molecule is CCCOc1cccc(/C(O)=C2\C(=O)C(=O)N(c3nc4ccc(F)cc4s3)C2c2ccc(I)cc2)c1. The van der Waals surface area contributed by atoms with Crippen molar-refractivity contribution >= 4 is 66.7 Å². The quantitative estimate of drug-likeness (QED) is 0.117. The molecule has 36 heavy (non-hydrogen) atoms. The van der Waals surface area contributed by atoms with Crippen molar-refractivity contribution in [1.82, 2.24) is 4.98 Å². The Kier molecular flexibility index (Phi) is 6.76. The van der Waals surface area contributed by atoms with E-state index in [1.165, 1.54) is 23.1 Å². The highest BCUT2D eigenvalue weighted by molar-refractivity contribution is 14.1. The van der Waals surface area contributed by atoms with Gasteiger partial charge in [0.05, 0.1) is 28.4 Å². The van der Waals surface area contributed by atoms with E-state index in [4.69, 9.17) is 4.74 Å². The number of hydrogen-bond donors (Lipinski definition) is 1. The molecule has 0 aliphatic carbocycles. The zero-order valence-electron chi connectivity index (χ0n) is 19.1. The molecule has 1 amide bonds. The van der Waals surface area contributed by atoms with Gasteiger partial charge >= 0.3 is 5.91 Å². The Hall–Kier alpha value is -3.31. The highest BCUT2D eigenvalue weighted by atomic mass is 127. The molecular formula is C27H20FIN2O4S. The fourth-order valence-corrected chi connectivity index (χ4v) is 5.46. The van der Waals surface area contributed by atoms with E-state index in [2.05, 4.69) is 27.6 Å². The third kappa shape index (κ3) is 4.48. The van der Waals surface area contributed by atoms with Gasteiger partial charge in [-0.15, -0.1) is 0 Å². The summed E-state index contributed by atoms with van der Waals surface area (Å²) in [5.41, 5.74) is 1.48. The van der Waals surface area contributed by atoms with Crippen LogP contribution in [0.2, 0.25) is 0 Å². The lowest BCUT2D eigenvalue weighted by Gasteiger charge is -2.23. The van der Waals surface area contributed by atoms with E-state index >= 15 is 0 Å². The molecule has 0 bridgehead atoms. The van der Waals surface area contributed by atoms with Gasteiger partial charge in [0.2, 0.25) is 0 Å². The van der Waals surface area contributed by atoms with E-state index in [-0.39, 0.29) is 16.5 Å². The molecule has 5 rings (SSSR count). The summed E-state index contributed by atoms with van der Waals surface area (Å²) in [6.45, 7) is 2.50. The molecule has 1 unspecified atom stereocenters. The minimum absolute atomic E-state index is 0.0423. The molecule has 6 nitrogen and oxygen atoms in total. The second kappa shape index (κ2) is 9.98. The topological polar surface area (TPSA) is 79.7 Å². The second-order valence-electron chi connectivity index (χ2n) is 8.21. The van der Waals surface area contributed by atoms with Crippen LogP contribution in [0.4, 0.5) is 9.52 Å². The van der Waals surface area contributed by atoms with Crippen LogP contribution < -0.4 is 9.64 Å². The van der Waals surface area contributed by atoms with E-state index < -0.39 is 23.5 Å². The number of aliphatic hydroxyl groups excluding tert-OH is 1. The number of aliphatic hydroxyl groups is 1. The predicted octanol–water partition coefficient (Wildman–Crippen LogP) is 6.46. The van der Waals surface area contributed by atoms with E-state index in [0.717, 1.165) is 21.3 Å². The first-order chi connectivity index (χ1) is 17.4. The molecule has 0 radical (unpaired) electrons. The summed E-state index contributed by atoms with van der Waals surface area (Å²) in [4.78, 5) is 32.5. The van der Waals surface area contributed by atoms with Crippen molar-refractivity contribution in [1.29, 1.82) is 0 Å². The Labute approximate surface area is 224 Å². The number of fused-ring (bicyclic) bond motifs is 1. The van der Waals surface area contributed by atoms with Gasteiger partial charge in [-0.05, 0) is 77.0 Å². The molecule has 9 heteroatoms. The van der Waals surface area contributed by atoms with Gasteiger partial charge in [-0.1, -0.05) is 42.5 Å². The summed E-state index contributed by atoms with van der Waals surface area (Å²) in [5, 5.41) is 11.6. The third-order valence-corrected chi connectivity index (χ3v) is 7.49. The van der Waals surface area contributed by atoms with Crippen molar-refractivity contribution in [3.8, 4) is 5.75 Å². The van der Waals surface area contributed by atoms with Gasteiger partial charge < -0.3 is 9.84 Å². The summed E-state index contributed by atoms with van der Waals surface area (Å²) < 4.78 is 21.0. The van der Waals surface area contributed by atoms with Crippen LogP contribution >= 0.6 is 33.9 Å². The maximum atomic E-state index is 13.8. The Morgan fingerprint density at radius 3 is 2.67 bits per heavy atom. The number of ketones is 1. The molecule has 3 aromatic carbocycles. The highest BCUT2D eigenvalue weighted by Gasteiger charge is 2.48. The maximum absolute atomic E-state index is 13.8. The number of nitrogens with zero attached hydrogens (tertiary/aromatic N) is 2. The average molecular weight is 614 g/mol. The largest absolute Gasteiger partial charge is 0.507 e. The molecule has 4 aromatic rings. The molecule has 1 fully saturated rings. The smallest absolute Gasteiger partial charge is 0.301 e. The number of hydrogen-bond acceptors (Lipinski definition) is 6. The molecule has 1 aromatic heterocycles. The number of amides is 1. The molecule has 1 aliphatic rings. The van der Waals surface area contributed by atoms with E-state index in [1.807, 2.05) is 31.2 Å². The number of benzene rings is 3. The lowest BCUT2D eigenvalue weighted by molar-refractivity contribution is -0.132. The molecule has 182 valence electrons. The van der Waals surface area contributed by atoms with Gasteiger partial charge in [0.1, 0.15) is 17.3 Å². The summed E-state index contributed by atoms with van der Waals surface area (Å²) in [6.07, 6.45) is 0.820. The van der Waals surface area contributed by atoms with Crippen LogP contribution in [0, 0.1) is 9.39 Å². The van der Waals surface area contributed by atoms with Crippen LogP contribution in [0.25, 0.3) is 16.0 Å². The summed E-state index contributed by atoms with van der Waals surface area (Å²) in [7, 11) is 0. The number of aromatic nitrogens is 1. The van der Waals surface area contributed by atoms with Gasteiger partial charge in [-0.3, -0.25) is 14.5 Å². The zero-order chi connectivity index (χ0) is 25.4. The molecule has 1 aliphatic heterocycles. The minimum atomic E-state index is -0.910. The van der Waals surface area contributed by atoms with E-state index in [0.29, 0.717) is 33.7 Å². The molecule has 1 atom stereocenters. The first kappa shape index (κ1) is 24.4. The second-order valence-corrected chi connectivity index (χ2v) is 10.5. The number of carbonyl (C=O) groups excluding carboxylic acids is 2. The lowest BCUT2D eigenvalue weighted by Crippen LogP contribution is -2.29. The van der Waals surface area contributed by atoms with E-state index in [1.54, 1.807) is 24.3 Å². The van der Waals surface area contributed by atoms with Gasteiger partial charge in [-0.2, -0.15) is 0 Å². The number of halogens is 2. The van der Waals surface area contributed by atoms with Crippen LogP contribution in [-0.2, 0) is 9.59 Å². The number of anilines is 1. The molecule has 0 saturated carbocycles. The standard InChI is InChI=1S/C27H20FIN2O4S/c1-2-12-35-19-5-3-4-16(13-19)24(32)22-23(15-6-9-18(29)10-7-15)31(26(34)25(22)33)27-30-20-11-8-17(28)14-21(20)36-27/h3-11,13-14,23,32H,2,12H2,1H3/b24-22+.